The SMILES string of the molecule is CCNC(=O)C(CC)N1C(=O)C(CC(=O)O)C[C@H](c2cccc(Cl)c2)C1c1ccc(Cl)cc1. The average molecular weight is 491 g/mol. The van der Waals surface area contributed by atoms with Crippen LogP contribution in [0.5, 0.6) is 0 Å². The summed E-state index contributed by atoms with van der Waals surface area (Å²) in [7, 11) is 0. The molecule has 33 heavy (non-hydrogen) atoms. The maximum atomic E-state index is 13.7. The third-order valence-corrected chi connectivity index (χ3v) is 6.60. The van der Waals surface area contributed by atoms with Gasteiger partial charge in [-0.05, 0) is 55.2 Å². The molecule has 3 unspecified atom stereocenters. The number of likely N-dealkylation sites (N-methyl/N-ethyl adjacent to an activating group) is 1. The van der Waals surface area contributed by atoms with E-state index in [9.17, 15) is 19.5 Å². The molecule has 2 amide bonds. The monoisotopic (exact) mass is 490 g/mol. The summed E-state index contributed by atoms with van der Waals surface area (Å²) in [5, 5.41) is 13.4. The van der Waals surface area contributed by atoms with Crippen LogP contribution in [0.1, 0.15) is 56.2 Å². The third-order valence-electron chi connectivity index (χ3n) is 6.11. The molecule has 2 aromatic rings. The van der Waals surface area contributed by atoms with Crippen molar-refractivity contribution in [2.75, 3.05) is 6.54 Å². The van der Waals surface area contributed by atoms with Gasteiger partial charge in [-0.25, -0.2) is 0 Å². The van der Waals surface area contributed by atoms with Gasteiger partial charge in [0, 0.05) is 28.4 Å². The lowest BCUT2D eigenvalue weighted by atomic mass is 9.74. The normalized spacial score (nSPS) is 21.5. The van der Waals surface area contributed by atoms with Crippen LogP contribution in [0.25, 0.3) is 0 Å². The van der Waals surface area contributed by atoms with Crippen molar-refractivity contribution in [2.45, 2.75) is 51.1 Å². The molecule has 0 spiro atoms. The molecule has 1 aliphatic rings. The predicted molar refractivity (Wildman–Crippen MR) is 128 cm³/mol. The number of hydrogen-bond acceptors (Lipinski definition) is 3. The van der Waals surface area contributed by atoms with Gasteiger partial charge in [-0.3, -0.25) is 14.4 Å². The molecule has 3 rings (SSSR count). The molecule has 6 nitrogen and oxygen atoms in total. The highest BCUT2D eigenvalue weighted by Crippen LogP contribution is 2.47. The van der Waals surface area contributed by atoms with Gasteiger partial charge in [0.1, 0.15) is 6.04 Å². The van der Waals surface area contributed by atoms with E-state index >= 15 is 0 Å². The zero-order chi connectivity index (χ0) is 24.1. The van der Waals surface area contributed by atoms with E-state index in [1.807, 2.05) is 44.2 Å². The number of rotatable bonds is 8. The van der Waals surface area contributed by atoms with Crippen LogP contribution in [0.4, 0.5) is 0 Å². The fourth-order valence-electron chi connectivity index (χ4n) is 4.72. The first kappa shape index (κ1) is 25.1. The molecular formula is C25H28Cl2N2O4. The highest BCUT2D eigenvalue weighted by atomic mass is 35.5. The Morgan fingerprint density at radius 2 is 1.79 bits per heavy atom. The smallest absolute Gasteiger partial charge is 0.304 e. The van der Waals surface area contributed by atoms with E-state index in [0.717, 1.165) is 11.1 Å². The second-order valence-electron chi connectivity index (χ2n) is 8.25. The average Bonchev–Trinajstić information content (AvgIpc) is 2.77. The predicted octanol–water partition coefficient (Wildman–Crippen LogP) is 5.06. The summed E-state index contributed by atoms with van der Waals surface area (Å²) in [6.45, 7) is 4.10. The molecule has 2 N–H and O–H groups in total. The zero-order valence-corrected chi connectivity index (χ0v) is 20.1. The minimum absolute atomic E-state index is 0.254. The summed E-state index contributed by atoms with van der Waals surface area (Å²) in [5.41, 5.74) is 1.72. The summed E-state index contributed by atoms with van der Waals surface area (Å²) in [4.78, 5) is 39.9. The number of nitrogens with zero attached hydrogens (tertiary/aromatic N) is 1. The summed E-state index contributed by atoms with van der Waals surface area (Å²) < 4.78 is 0. The first-order chi connectivity index (χ1) is 15.8. The Bertz CT molecular complexity index is 1010. The first-order valence-corrected chi connectivity index (χ1v) is 11.8. The van der Waals surface area contributed by atoms with Gasteiger partial charge in [0.15, 0.2) is 0 Å². The molecule has 2 aromatic carbocycles. The number of amides is 2. The highest BCUT2D eigenvalue weighted by Gasteiger charge is 2.47. The Morgan fingerprint density at radius 3 is 2.36 bits per heavy atom. The second-order valence-corrected chi connectivity index (χ2v) is 9.13. The quantitative estimate of drug-likeness (QED) is 0.541. The maximum Gasteiger partial charge on any atom is 0.304 e. The number of piperidine rings is 1. The van der Waals surface area contributed by atoms with Crippen molar-refractivity contribution in [2.24, 2.45) is 5.92 Å². The number of likely N-dealkylation sites (tertiary alicyclic amines) is 1. The molecule has 1 fully saturated rings. The van der Waals surface area contributed by atoms with Gasteiger partial charge < -0.3 is 15.3 Å². The number of hydrogen-bond donors (Lipinski definition) is 2. The van der Waals surface area contributed by atoms with Gasteiger partial charge >= 0.3 is 5.97 Å². The molecule has 1 saturated heterocycles. The van der Waals surface area contributed by atoms with Gasteiger partial charge in [0.2, 0.25) is 11.8 Å². The largest absolute Gasteiger partial charge is 0.481 e. The zero-order valence-electron chi connectivity index (χ0n) is 18.6. The molecule has 1 aliphatic heterocycles. The molecule has 1 heterocycles. The summed E-state index contributed by atoms with van der Waals surface area (Å²) in [5.74, 6) is -2.63. The number of carboxylic acid groups (broad SMARTS) is 1. The fraction of sp³-hybridized carbons (Fsp3) is 0.400. The molecule has 0 saturated carbocycles. The number of aliphatic carboxylic acids is 1. The van der Waals surface area contributed by atoms with Crippen molar-refractivity contribution in [1.82, 2.24) is 10.2 Å². The van der Waals surface area contributed by atoms with E-state index in [2.05, 4.69) is 5.32 Å². The third kappa shape index (κ3) is 5.68. The van der Waals surface area contributed by atoms with Crippen LogP contribution in [0.3, 0.4) is 0 Å². The van der Waals surface area contributed by atoms with Crippen LogP contribution in [0.2, 0.25) is 10.0 Å². The number of nitrogens with one attached hydrogen (secondary N) is 1. The van der Waals surface area contributed by atoms with E-state index in [4.69, 9.17) is 23.2 Å². The van der Waals surface area contributed by atoms with Crippen molar-refractivity contribution >= 4 is 41.0 Å². The highest BCUT2D eigenvalue weighted by molar-refractivity contribution is 6.30. The molecular weight excluding hydrogens is 463 g/mol. The van der Waals surface area contributed by atoms with Crippen molar-refractivity contribution in [3.63, 3.8) is 0 Å². The lowest BCUT2D eigenvalue weighted by Crippen LogP contribution is -2.56. The molecule has 0 aliphatic carbocycles. The van der Waals surface area contributed by atoms with Crippen molar-refractivity contribution in [3.05, 3.63) is 69.7 Å². The maximum absolute atomic E-state index is 13.7. The van der Waals surface area contributed by atoms with Crippen LogP contribution < -0.4 is 5.32 Å². The van der Waals surface area contributed by atoms with Crippen molar-refractivity contribution < 1.29 is 19.5 Å². The lowest BCUT2D eigenvalue weighted by molar-refractivity contribution is -0.155. The minimum Gasteiger partial charge on any atom is -0.481 e. The summed E-state index contributed by atoms with van der Waals surface area (Å²) >= 11 is 12.4. The standard InChI is InChI=1S/C25H28Cl2N2O4/c1-3-21(24(32)28-4-2)29-23(15-8-10-18(26)11-9-15)20(16-6-5-7-19(27)12-16)13-17(25(29)33)14-22(30)31/h5-12,17,20-21,23H,3-4,13-14H2,1-2H3,(H,28,32)(H,30,31)/t17?,20-,21?,23?/m1/s1. The van der Waals surface area contributed by atoms with Gasteiger partial charge in [-0.15, -0.1) is 0 Å². The van der Waals surface area contributed by atoms with Crippen LogP contribution in [-0.2, 0) is 14.4 Å². The van der Waals surface area contributed by atoms with Crippen LogP contribution in [-0.4, -0.2) is 40.4 Å². The number of carbonyl (C=O) groups is 3. The molecule has 8 heteroatoms. The first-order valence-electron chi connectivity index (χ1n) is 11.1. The van der Waals surface area contributed by atoms with Gasteiger partial charge in [-0.2, -0.15) is 0 Å². The van der Waals surface area contributed by atoms with Gasteiger partial charge in [0.05, 0.1) is 12.5 Å². The van der Waals surface area contributed by atoms with E-state index in [1.165, 1.54) is 0 Å². The van der Waals surface area contributed by atoms with Gasteiger partial charge in [0.25, 0.3) is 0 Å². The minimum atomic E-state index is -1.05. The van der Waals surface area contributed by atoms with E-state index < -0.39 is 24.0 Å². The summed E-state index contributed by atoms with van der Waals surface area (Å²) in [6.07, 6.45) is 0.427. The molecule has 0 bridgehead atoms. The van der Waals surface area contributed by atoms with Crippen molar-refractivity contribution in [3.8, 4) is 0 Å². The molecule has 176 valence electrons. The Hall–Kier alpha value is -2.57. The Labute approximate surface area is 203 Å². The Kier molecular flexibility index (Phi) is 8.38. The Balaban J connectivity index is 2.20. The molecule has 4 atom stereocenters. The number of benzene rings is 2. The van der Waals surface area contributed by atoms with Gasteiger partial charge in [-0.1, -0.05) is 54.4 Å². The molecule has 0 aromatic heterocycles. The molecule has 0 radical (unpaired) electrons. The second kappa shape index (κ2) is 11.0. The fourth-order valence-corrected chi connectivity index (χ4v) is 5.04. The number of carboxylic acids is 1. The topological polar surface area (TPSA) is 86.7 Å². The van der Waals surface area contributed by atoms with Crippen LogP contribution in [0.15, 0.2) is 48.5 Å². The van der Waals surface area contributed by atoms with Crippen LogP contribution in [0, 0.1) is 5.92 Å². The Morgan fingerprint density at radius 1 is 1.09 bits per heavy atom. The van der Waals surface area contributed by atoms with E-state index in [-0.39, 0.29) is 24.2 Å². The number of carbonyl (C=O) groups excluding carboxylic acids is 2. The number of halogens is 2. The van der Waals surface area contributed by atoms with E-state index in [1.54, 1.807) is 23.1 Å². The van der Waals surface area contributed by atoms with E-state index in [0.29, 0.717) is 29.4 Å². The van der Waals surface area contributed by atoms with Crippen molar-refractivity contribution in [1.29, 1.82) is 0 Å². The lowest BCUT2D eigenvalue weighted by Gasteiger charge is -2.47. The summed E-state index contributed by atoms with van der Waals surface area (Å²) in [6, 6.07) is 13.4. The van der Waals surface area contributed by atoms with Crippen LogP contribution >= 0.6 is 23.2 Å².